The first-order chi connectivity index (χ1) is 13.2. The molecular weight excluding hydrogens is 354 g/mol. The first-order valence-electron chi connectivity index (χ1n) is 9.26. The molecule has 0 fully saturated rings. The van der Waals surface area contributed by atoms with Crippen LogP contribution in [0, 0.1) is 6.92 Å². The highest BCUT2D eigenvalue weighted by molar-refractivity contribution is 7.99. The lowest BCUT2D eigenvalue weighted by molar-refractivity contribution is -0.129. The molecule has 0 atom stereocenters. The number of thioether (sulfide) groups is 1. The average molecular weight is 378 g/mol. The lowest BCUT2D eigenvalue weighted by Crippen LogP contribution is -2.37. The molecular formula is C22H23N3OS. The summed E-state index contributed by atoms with van der Waals surface area (Å²) >= 11 is 1.49. The van der Waals surface area contributed by atoms with Crippen molar-refractivity contribution in [1.82, 2.24) is 14.9 Å². The number of nitrogens with zero attached hydrogens (tertiary/aromatic N) is 2. The minimum Gasteiger partial charge on any atom is -0.337 e. The number of aromatic nitrogens is 2. The third kappa shape index (κ3) is 4.25. The Balaban J connectivity index is 1.35. The summed E-state index contributed by atoms with van der Waals surface area (Å²) in [6, 6.07) is 18.7. The predicted octanol–water partition coefficient (Wildman–Crippen LogP) is 3.99. The number of imidazole rings is 1. The van der Waals surface area contributed by atoms with E-state index in [0.717, 1.165) is 35.9 Å². The third-order valence-corrected chi connectivity index (χ3v) is 5.85. The van der Waals surface area contributed by atoms with Crippen molar-refractivity contribution in [3.8, 4) is 0 Å². The summed E-state index contributed by atoms with van der Waals surface area (Å²) in [6.45, 7) is 3.55. The topological polar surface area (TPSA) is 49.0 Å². The van der Waals surface area contributed by atoms with E-state index in [2.05, 4.69) is 35.3 Å². The van der Waals surface area contributed by atoms with Gasteiger partial charge in [-0.1, -0.05) is 66.4 Å². The highest BCUT2D eigenvalue weighted by Crippen LogP contribution is 2.22. The van der Waals surface area contributed by atoms with Crippen LogP contribution < -0.4 is 0 Å². The van der Waals surface area contributed by atoms with Gasteiger partial charge in [-0.15, -0.1) is 0 Å². The quantitative estimate of drug-likeness (QED) is 0.684. The van der Waals surface area contributed by atoms with Crippen LogP contribution in [0.5, 0.6) is 0 Å². The van der Waals surface area contributed by atoms with Gasteiger partial charge < -0.3 is 9.88 Å². The summed E-state index contributed by atoms with van der Waals surface area (Å²) < 4.78 is 0. The van der Waals surface area contributed by atoms with Gasteiger partial charge in [-0.2, -0.15) is 0 Å². The van der Waals surface area contributed by atoms with Gasteiger partial charge in [-0.05, 0) is 30.0 Å². The van der Waals surface area contributed by atoms with Crippen molar-refractivity contribution in [2.75, 3.05) is 12.3 Å². The summed E-state index contributed by atoms with van der Waals surface area (Å²) in [4.78, 5) is 22.6. The van der Waals surface area contributed by atoms with Crippen LogP contribution in [0.1, 0.15) is 28.1 Å². The molecule has 0 unspecified atom stereocenters. The minimum atomic E-state index is 0.174. The SMILES string of the molecule is Cc1[nH]c(SCC(=O)N2CCc3ccccc3C2)nc1Cc1ccccc1. The number of aryl methyl sites for hydroxylation is 1. The summed E-state index contributed by atoms with van der Waals surface area (Å²) in [6.07, 6.45) is 1.74. The molecule has 0 saturated carbocycles. The number of amides is 1. The molecule has 138 valence electrons. The Morgan fingerprint density at radius 2 is 1.85 bits per heavy atom. The molecule has 1 aromatic heterocycles. The Kier molecular flexibility index (Phi) is 5.30. The number of hydrogen-bond donors (Lipinski definition) is 1. The maximum Gasteiger partial charge on any atom is 0.233 e. The molecule has 1 aliphatic rings. The van der Waals surface area contributed by atoms with Crippen LogP contribution in [0.2, 0.25) is 0 Å². The van der Waals surface area contributed by atoms with Crippen molar-refractivity contribution in [3.63, 3.8) is 0 Å². The van der Waals surface area contributed by atoms with Crippen molar-refractivity contribution in [2.24, 2.45) is 0 Å². The zero-order valence-corrected chi connectivity index (χ0v) is 16.3. The van der Waals surface area contributed by atoms with Gasteiger partial charge in [0.2, 0.25) is 5.91 Å². The van der Waals surface area contributed by atoms with Crippen molar-refractivity contribution in [3.05, 3.63) is 82.7 Å². The van der Waals surface area contributed by atoms with E-state index in [1.165, 1.54) is 28.5 Å². The Morgan fingerprint density at radius 1 is 1.11 bits per heavy atom. The Morgan fingerprint density at radius 3 is 2.67 bits per heavy atom. The number of aromatic amines is 1. The second-order valence-corrected chi connectivity index (χ2v) is 7.86. The second kappa shape index (κ2) is 8.01. The van der Waals surface area contributed by atoms with Gasteiger partial charge >= 0.3 is 0 Å². The van der Waals surface area contributed by atoms with Crippen molar-refractivity contribution in [1.29, 1.82) is 0 Å². The fourth-order valence-electron chi connectivity index (χ4n) is 3.43. The Bertz CT molecular complexity index is 936. The van der Waals surface area contributed by atoms with E-state index in [0.29, 0.717) is 12.3 Å². The standard InChI is InChI=1S/C22H23N3OS/c1-16-20(13-17-7-3-2-4-8-17)24-22(23-16)27-15-21(26)25-12-11-18-9-5-6-10-19(18)14-25/h2-10H,11-15H2,1H3,(H,23,24). The second-order valence-electron chi connectivity index (χ2n) is 6.90. The van der Waals surface area contributed by atoms with E-state index in [1.807, 2.05) is 36.1 Å². The molecule has 0 radical (unpaired) electrons. The third-order valence-electron chi connectivity index (χ3n) is 4.99. The summed E-state index contributed by atoms with van der Waals surface area (Å²) in [5.41, 5.74) is 5.98. The largest absolute Gasteiger partial charge is 0.337 e. The number of carbonyl (C=O) groups excluding carboxylic acids is 1. The van der Waals surface area contributed by atoms with Crippen LogP contribution in [0.3, 0.4) is 0 Å². The fraction of sp³-hybridized carbons (Fsp3) is 0.273. The van der Waals surface area contributed by atoms with E-state index in [4.69, 9.17) is 4.98 Å². The minimum absolute atomic E-state index is 0.174. The fourth-order valence-corrected chi connectivity index (χ4v) is 4.27. The molecule has 0 spiro atoms. The highest BCUT2D eigenvalue weighted by Gasteiger charge is 2.20. The molecule has 2 heterocycles. The van der Waals surface area contributed by atoms with E-state index >= 15 is 0 Å². The van der Waals surface area contributed by atoms with E-state index in [1.54, 1.807) is 0 Å². The Labute approximate surface area is 164 Å². The molecule has 4 rings (SSSR count). The molecule has 3 aromatic rings. The average Bonchev–Trinajstić information content (AvgIpc) is 3.06. The van der Waals surface area contributed by atoms with Gasteiger partial charge in [0.05, 0.1) is 11.4 Å². The van der Waals surface area contributed by atoms with Crippen LogP contribution >= 0.6 is 11.8 Å². The first-order valence-corrected chi connectivity index (χ1v) is 10.2. The van der Waals surface area contributed by atoms with Crippen LogP contribution in [0.25, 0.3) is 0 Å². The van der Waals surface area contributed by atoms with Gasteiger partial charge in [-0.25, -0.2) is 4.98 Å². The number of carbonyl (C=O) groups is 1. The van der Waals surface area contributed by atoms with Crippen molar-refractivity contribution in [2.45, 2.75) is 31.5 Å². The number of H-pyrrole nitrogens is 1. The molecule has 27 heavy (non-hydrogen) atoms. The molecule has 0 bridgehead atoms. The molecule has 1 aliphatic heterocycles. The van der Waals surface area contributed by atoms with Gasteiger partial charge in [0, 0.05) is 25.2 Å². The van der Waals surface area contributed by atoms with E-state index in [9.17, 15) is 4.79 Å². The predicted molar refractivity (Wildman–Crippen MR) is 109 cm³/mol. The van der Waals surface area contributed by atoms with Gasteiger partial charge in [-0.3, -0.25) is 4.79 Å². The lowest BCUT2D eigenvalue weighted by Gasteiger charge is -2.28. The van der Waals surface area contributed by atoms with Gasteiger partial charge in [0.1, 0.15) is 0 Å². The van der Waals surface area contributed by atoms with Crippen molar-refractivity contribution < 1.29 is 4.79 Å². The summed E-state index contributed by atoms with van der Waals surface area (Å²) in [7, 11) is 0. The number of benzene rings is 2. The van der Waals surface area contributed by atoms with Crippen LogP contribution in [0.4, 0.5) is 0 Å². The lowest BCUT2D eigenvalue weighted by atomic mass is 10.00. The molecule has 2 aromatic carbocycles. The molecule has 0 aliphatic carbocycles. The van der Waals surface area contributed by atoms with Crippen LogP contribution in [-0.2, 0) is 24.2 Å². The Hall–Kier alpha value is -2.53. The highest BCUT2D eigenvalue weighted by atomic mass is 32.2. The maximum absolute atomic E-state index is 12.6. The molecule has 4 nitrogen and oxygen atoms in total. The molecule has 5 heteroatoms. The monoisotopic (exact) mass is 377 g/mol. The van der Waals surface area contributed by atoms with Gasteiger partial charge in [0.15, 0.2) is 5.16 Å². The number of rotatable bonds is 5. The number of fused-ring (bicyclic) bond motifs is 1. The number of nitrogens with one attached hydrogen (secondary N) is 1. The van der Waals surface area contributed by atoms with E-state index < -0.39 is 0 Å². The normalized spacial score (nSPS) is 13.4. The first kappa shape index (κ1) is 17.9. The molecule has 0 saturated heterocycles. The van der Waals surface area contributed by atoms with Crippen molar-refractivity contribution >= 4 is 17.7 Å². The van der Waals surface area contributed by atoms with Crippen LogP contribution in [0.15, 0.2) is 59.8 Å². The van der Waals surface area contributed by atoms with E-state index in [-0.39, 0.29) is 5.91 Å². The smallest absolute Gasteiger partial charge is 0.233 e. The van der Waals surface area contributed by atoms with Crippen LogP contribution in [-0.4, -0.2) is 33.1 Å². The summed E-state index contributed by atoms with van der Waals surface area (Å²) in [5.74, 6) is 0.591. The summed E-state index contributed by atoms with van der Waals surface area (Å²) in [5, 5.41) is 0.823. The maximum atomic E-state index is 12.6. The zero-order chi connectivity index (χ0) is 18.6. The zero-order valence-electron chi connectivity index (χ0n) is 15.4. The molecule has 1 amide bonds. The van der Waals surface area contributed by atoms with Gasteiger partial charge in [0.25, 0.3) is 0 Å². The molecule has 1 N–H and O–H groups in total. The number of hydrogen-bond acceptors (Lipinski definition) is 3.